The van der Waals surface area contributed by atoms with E-state index in [1.54, 1.807) is 6.07 Å². The first kappa shape index (κ1) is 14.0. The van der Waals surface area contributed by atoms with Gasteiger partial charge in [-0.1, -0.05) is 32.3 Å². The molecule has 0 aliphatic heterocycles. The van der Waals surface area contributed by atoms with Gasteiger partial charge in [0, 0.05) is 0 Å². The first-order valence-corrected chi connectivity index (χ1v) is 8.14. The highest BCUT2D eigenvalue weighted by molar-refractivity contribution is 5.32. The van der Waals surface area contributed by atoms with Crippen LogP contribution in [-0.4, -0.2) is 0 Å². The average Bonchev–Trinajstić information content (AvgIpc) is 2.51. The van der Waals surface area contributed by atoms with Crippen molar-refractivity contribution >= 4 is 0 Å². The van der Waals surface area contributed by atoms with Gasteiger partial charge in [-0.25, -0.2) is 8.78 Å². The number of halogens is 2. The van der Waals surface area contributed by atoms with E-state index in [0.717, 1.165) is 36.7 Å². The zero-order valence-corrected chi connectivity index (χ0v) is 12.3. The second kappa shape index (κ2) is 5.83. The maximum Gasteiger partial charge on any atom is 0.162 e. The summed E-state index contributed by atoms with van der Waals surface area (Å²) in [6.45, 7) is 2.28. The summed E-state index contributed by atoms with van der Waals surface area (Å²) in [4.78, 5) is 0. The Hall–Kier alpha value is -0.920. The van der Waals surface area contributed by atoms with E-state index in [2.05, 4.69) is 6.92 Å². The number of rotatable bonds is 2. The fourth-order valence-corrected chi connectivity index (χ4v) is 4.26. The normalized spacial score (nSPS) is 30.1. The fourth-order valence-electron chi connectivity index (χ4n) is 4.26. The number of hydrogen-bond acceptors (Lipinski definition) is 0. The van der Waals surface area contributed by atoms with Gasteiger partial charge in [-0.3, -0.25) is 0 Å². The first-order chi connectivity index (χ1) is 9.69. The summed E-state index contributed by atoms with van der Waals surface area (Å²) in [5.41, 5.74) is 1.70. The third-order valence-electron chi connectivity index (χ3n) is 5.68. The second-order valence-electron chi connectivity index (χ2n) is 6.69. The van der Waals surface area contributed by atoms with Gasteiger partial charge >= 0.3 is 0 Å². The van der Waals surface area contributed by atoms with Crippen LogP contribution in [0.3, 0.4) is 0 Å². The van der Waals surface area contributed by atoms with E-state index in [1.165, 1.54) is 38.2 Å². The summed E-state index contributed by atoms with van der Waals surface area (Å²) >= 11 is 0. The molecule has 0 nitrogen and oxygen atoms in total. The quantitative estimate of drug-likeness (QED) is 0.690. The highest BCUT2D eigenvalue weighted by Crippen LogP contribution is 2.40. The van der Waals surface area contributed by atoms with Crippen molar-refractivity contribution in [1.82, 2.24) is 0 Å². The van der Waals surface area contributed by atoms with Crippen molar-refractivity contribution in [1.29, 1.82) is 0 Å². The molecule has 0 heterocycles. The van der Waals surface area contributed by atoms with Gasteiger partial charge in [0.2, 0.25) is 0 Å². The highest BCUT2D eigenvalue weighted by atomic mass is 19.2. The van der Waals surface area contributed by atoms with Crippen molar-refractivity contribution in [2.24, 2.45) is 17.8 Å². The molecule has 20 heavy (non-hydrogen) atoms. The highest BCUT2D eigenvalue weighted by Gasteiger charge is 2.31. The molecular weight excluding hydrogens is 254 g/mol. The Morgan fingerprint density at radius 2 is 1.75 bits per heavy atom. The molecule has 0 N–H and O–H groups in total. The Labute approximate surface area is 120 Å². The molecule has 1 unspecified atom stereocenters. The monoisotopic (exact) mass is 278 g/mol. The van der Waals surface area contributed by atoms with E-state index in [0.29, 0.717) is 11.5 Å². The molecule has 0 amide bonds. The predicted molar refractivity (Wildman–Crippen MR) is 77.6 cm³/mol. The van der Waals surface area contributed by atoms with E-state index in [9.17, 15) is 8.78 Å². The molecule has 0 radical (unpaired) electrons. The second-order valence-corrected chi connectivity index (χ2v) is 6.69. The Balaban J connectivity index is 1.71. The lowest BCUT2D eigenvalue weighted by molar-refractivity contribution is 0.186. The molecule has 2 heteroatoms. The van der Waals surface area contributed by atoms with Gasteiger partial charge in [0.05, 0.1) is 0 Å². The van der Waals surface area contributed by atoms with Crippen LogP contribution in [0.4, 0.5) is 8.78 Å². The summed E-state index contributed by atoms with van der Waals surface area (Å²) in [5.74, 6) is 0.926. The summed E-state index contributed by atoms with van der Waals surface area (Å²) in [5, 5.41) is 0. The minimum Gasteiger partial charge on any atom is -0.204 e. The van der Waals surface area contributed by atoms with E-state index in [1.807, 2.05) is 0 Å². The van der Waals surface area contributed by atoms with Crippen LogP contribution in [0.1, 0.15) is 56.6 Å². The SMILES string of the molecule is CCC1CCC(C2CCc3ccc(F)c(F)c3C2)CC1. The first-order valence-electron chi connectivity index (χ1n) is 8.14. The van der Waals surface area contributed by atoms with E-state index in [4.69, 9.17) is 0 Å². The zero-order chi connectivity index (χ0) is 14.1. The number of hydrogen-bond donors (Lipinski definition) is 0. The molecule has 1 aromatic carbocycles. The van der Waals surface area contributed by atoms with Crippen molar-refractivity contribution in [2.75, 3.05) is 0 Å². The minimum absolute atomic E-state index is 0.566. The lowest BCUT2D eigenvalue weighted by atomic mass is 9.69. The summed E-state index contributed by atoms with van der Waals surface area (Å²) in [6, 6.07) is 3.05. The third-order valence-corrected chi connectivity index (χ3v) is 5.68. The number of fused-ring (bicyclic) bond motifs is 1. The van der Waals surface area contributed by atoms with Gasteiger partial charge in [0.1, 0.15) is 0 Å². The molecular formula is C18H24F2. The molecule has 3 rings (SSSR count). The van der Waals surface area contributed by atoms with Gasteiger partial charge < -0.3 is 0 Å². The predicted octanol–water partition coefficient (Wildman–Crippen LogP) is 5.29. The molecule has 0 aromatic heterocycles. The van der Waals surface area contributed by atoms with Crippen molar-refractivity contribution in [3.05, 3.63) is 34.9 Å². The van der Waals surface area contributed by atoms with Crippen molar-refractivity contribution < 1.29 is 8.78 Å². The largest absolute Gasteiger partial charge is 0.204 e. The van der Waals surface area contributed by atoms with Gasteiger partial charge in [-0.05, 0) is 67.1 Å². The third kappa shape index (κ3) is 2.62. The van der Waals surface area contributed by atoms with Crippen molar-refractivity contribution in [2.45, 2.75) is 58.3 Å². The van der Waals surface area contributed by atoms with Gasteiger partial charge in [0.15, 0.2) is 11.6 Å². The Bertz CT molecular complexity index is 473. The molecule has 1 saturated carbocycles. The lowest BCUT2D eigenvalue weighted by Gasteiger charge is -2.36. The molecule has 2 aliphatic carbocycles. The van der Waals surface area contributed by atoms with Crippen LogP contribution < -0.4 is 0 Å². The molecule has 0 spiro atoms. The topological polar surface area (TPSA) is 0 Å². The average molecular weight is 278 g/mol. The Morgan fingerprint density at radius 1 is 1.00 bits per heavy atom. The lowest BCUT2D eigenvalue weighted by Crippen LogP contribution is -2.27. The smallest absolute Gasteiger partial charge is 0.162 e. The van der Waals surface area contributed by atoms with Gasteiger partial charge in [-0.2, -0.15) is 0 Å². The Morgan fingerprint density at radius 3 is 2.45 bits per heavy atom. The molecule has 1 aromatic rings. The van der Waals surface area contributed by atoms with E-state index < -0.39 is 11.6 Å². The molecule has 1 atom stereocenters. The zero-order valence-electron chi connectivity index (χ0n) is 12.3. The standard InChI is InChI=1S/C18H24F2/c1-2-12-3-5-13(6-4-12)15-8-7-14-9-10-17(19)18(20)16(14)11-15/h9-10,12-13,15H,2-8,11H2,1H3. The van der Waals surface area contributed by atoms with Crippen LogP contribution in [0.25, 0.3) is 0 Å². The van der Waals surface area contributed by atoms with E-state index in [-0.39, 0.29) is 0 Å². The van der Waals surface area contributed by atoms with E-state index >= 15 is 0 Å². The summed E-state index contributed by atoms with van der Waals surface area (Å²) in [6.07, 6.45) is 9.35. The van der Waals surface area contributed by atoms with Crippen molar-refractivity contribution in [3.8, 4) is 0 Å². The maximum absolute atomic E-state index is 14.0. The minimum atomic E-state index is -0.681. The van der Waals surface area contributed by atoms with Crippen LogP contribution in [0.5, 0.6) is 0 Å². The molecule has 110 valence electrons. The molecule has 2 aliphatic rings. The summed E-state index contributed by atoms with van der Waals surface area (Å²) < 4.78 is 27.4. The van der Waals surface area contributed by atoms with Crippen LogP contribution in [-0.2, 0) is 12.8 Å². The van der Waals surface area contributed by atoms with Crippen LogP contribution in [0.15, 0.2) is 12.1 Å². The number of aryl methyl sites for hydroxylation is 1. The van der Waals surface area contributed by atoms with Crippen LogP contribution in [0.2, 0.25) is 0 Å². The van der Waals surface area contributed by atoms with Crippen LogP contribution >= 0.6 is 0 Å². The fraction of sp³-hybridized carbons (Fsp3) is 0.667. The van der Waals surface area contributed by atoms with Gasteiger partial charge in [-0.15, -0.1) is 0 Å². The van der Waals surface area contributed by atoms with Crippen LogP contribution in [0, 0.1) is 29.4 Å². The molecule has 1 fully saturated rings. The Kier molecular flexibility index (Phi) is 4.09. The number of benzene rings is 1. The van der Waals surface area contributed by atoms with Gasteiger partial charge in [0.25, 0.3) is 0 Å². The summed E-state index contributed by atoms with van der Waals surface area (Å²) in [7, 11) is 0. The maximum atomic E-state index is 14.0. The molecule has 0 saturated heterocycles. The van der Waals surface area contributed by atoms with Crippen molar-refractivity contribution in [3.63, 3.8) is 0 Å². The molecule has 0 bridgehead atoms.